The third-order valence-corrected chi connectivity index (χ3v) is 3.69. The quantitative estimate of drug-likeness (QED) is 0.722. The van der Waals surface area contributed by atoms with Gasteiger partial charge in [0.15, 0.2) is 0 Å². The van der Waals surface area contributed by atoms with Gasteiger partial charge in [-0.05, 0) is 53.6 Å². The number of hydrogen-bond donors (Lipinski definition) is 1. The summed E-state index contributed by atoms with van der Waals surface area (Å²) >= 11 is 0. The number of hydrogen-bond acceptors (Lipinski definition) is 1. The van der Waals surface area contributed by atoms with Crippen molar-refractivity contribution in [3.8, 4) is 5.75 Å². The second-order valence-electron chi connectivity index (χ2n) is 6.76. The topological polar surface area (TPSA) is 20.2 Å². The van der Waals surface area contributed by atoms with Crippen molar-refractivity contribution in [2.45, 2.75) is 40.0 Å². The summed E-state index contributed by atoms with van der Waals surface area (Å²) in [6.45, 7) is 10.7. The largest absolute Gasteiger partial charge is 0.508 e. The molecule has 2 rings (SSSR count). The molecule has 0 saturated carbocycles. The van der Waals surface area contributed by atoms with Crippen LogP contribution in [0.5, 0.6) is 5.75 Å². The van der Waals surface area contributed by atoms with E-state index in [-0.39, 0.29) is 5.41 Å². The number of aromatic hydroxyl groups is 1. The Bertz CT molecular complexity index is 673. The van der Waals surface area contributed by atoms with E-state index in [1.54, 1.807) is 6.07 Å². The van der Waals surface area contributed by atoms with E-state index in [0.29, 0.717) is 5.75 Å². The summed E-state index contributed by atoms with van der Waals surface area (Å²) < 4.78 is 0. The predicted octanol–water partition coefficient (Wildman–Crippen LogP) is 5.48. The first kappa shape index (κ1) is 15.4. The molecule has 0 heterocycles. The Morgan fingerprint density at radius 2 is 1.62 bits per heavy atom. The van der Waals surface area contributed by atoms with Crippen LogP contribution < -0.4 is 0 Å². The summed E-state index contributed by atoms with van der Waals surface area (Å²) in [5, 5.41) is 9.91. The van der Waals surface area contributed by atoms with E-state index in [1.807, 2.05) is 6.07 Å². The van der Waals surface area contributed by atoms with Gasteiger partial charge < -0.3 is 5.11 Å². The third-order valence-electron chi connectivity index (χ3n) is 3.69. The Balaban J connectivity index is 2.35. The Hall–Kier alpha value is -2.02. The maximum atomic E-state index is 9.91. The Morgan fingerprint density at radius 3 is 2.24 bits per heavy atom. The molecule has 21 heavy (non-hydrogen) atoms. The van der Waals surface area contributed by atoms with Crippen LogP contribution in [0, 0.1) is 13.8 Å². The standard InChI is InChI=1S/C20H24O/c1-14-6-8-17(15(2)10-14)9-7-16-11-18(20(3,4)5)13-19(21)12-16/h6-13,21H,1-5H3. The normalized spacial score (nSPS) is 12.0. The van der Waals surface area contributed by atoms with Crippen LogP contribution in [0.25, 0.3) is 12.2 Å². The molecule has 0 unspecified atom stereocenters. The second kappa shape index (κ2) is 5.77. The molecular formula is C20H24O. The van der Waals surface area contributed by atoms with Gasteiger partial charge in [0.2, 0.25) is 0 Å². The minimum Gasteiger partial charge on any atom is -0.508 e. The molecule has 0 saturated heterocycles. The molecule has 2 aromatic carbocycles. The number of rotatable bonds is 2. The summed E-state index contributed by atoms with van der Waals surface area (Å²) in [5.74, 6) is 0.322. The van der Waals surface area contributed by atoms with Gasteiger partial charge in [-0.2, -0.15) is 0 Å². The van der Waals surface area contributed by atoms with Gasteiger partial charge in [-0.25, -0.2) is 0 Å². The van der Waals surface area contributed by atoms with Crippen molar-refractivity contribution in [3.05, 3.63) is 64.2 Å². The monoisotopic (exact) mass is 280 g/mol. The first-order valence-electron chi connectivity index (χ1n) is 7.35. The number of aryl methyl sites for hydroxylation is 2. The first-order chi connectivity index (χ1) is 9.75. The molecular weight excluding hydrogens is 256 g/mol. The van der Waals surface area contributed by atoms with Crippen molar-refractivity contribution >= 4 is 12.2 Å². The fourth-order valence-electron chi connectivity index (χ4n) is 2.36. The summed E-state index contributed by atoms with van der Waals surface area (Å²) in [6.07, 6.45) is 4.17. The average Bonchev–Trinajstić information content (AvgIpc) is 2.36. The van der Waals surface area contributed by atoms with Crippen molar-refractivity contribution in [2.75, 3.05) is 0 Å². The molecule has 0 atom stereocenters. The van der Waals surface area contributed by atoms with Crippen LogP contribution in [0.3, 0.4) is 0 Å². The number of phenols is 1. The molecule has 0 aliphatic carbocycles. The molecule has 0 amide bonds. The van der Waals surface area contributed by atoms with Gasteiger partial charge in [0, 0.05) is 0 Å². The summed E-state index contributed by atoms with van der Waals surface area (Å²) in [7, 11) is 0. The highest BCUT2D eigenvalue weighted by Gasteiger charge is 2.14. The fraction of sp³-hybridized carbons (Fsp3) is 0.300. The molecule has 1 N–H and O–H groups in total. The van der Waals surface area contributed by atoms with Crippen LogP contribution in [-0.2, 0) is 5.41 Å². The molecule has 0 bridgehead atoms. The molecule has 0 aliphatic rings. The van der Waals surface area contributed by atoms with Crippen molar-refractivity contribution < 1.29 is 5.11 Å². The van der Waals surface area contributed by atoms with Crippen molar-refractivity contribution in [1.29, 1.82) is 0 Å². The number of phenolic OH excluding ortho intramolecular Hbond substituents is 1. The van der Waals surface area contributed by atoms with Gasteiger partial charge in [-0.3, -0.25) is 0 Å². The molecule has 0 aromatic heterocycles. The highest BCUT2D eigenvalue weighted by atomic mass is 16.3. The van der Waals surface area contributed by atoms with Crippen LogP contribution >= 0.6 is 0 Å². The van der Waals surface area contributed by atoms with Crippen LogP contribution in [0.4, 0.5) is 0 Å². The SMILES string of the molecule is Cc1ccc(C=Cc2cc(O)cc(C(C)(C)C)c2)c(C)c1. The Labute approximate surface area is 128 Å². The van der Waals surface area contributed by atoms with E-state index < -0.39 is 0 Å². The smallest absolute Gasteiger partial charge is 0.116 e. The molecule has 0 aliphatic heterocycles. The zero-order valence-electron chi connectivity index (χ0n) is 13.6. The van der Waals surface area contributed by atoms with Gasteiger partial charge in [-0.15, -0.1) is 0 Å². The molecule has 0 fully saturated rings. The highest BCUT2D eigenvalue weighted by Crippen LogP contribution is 2.28. The molecule has 1 nitrogen and oxygen atoms in total. The van der Waals surface area contributed by atoms with Crippen LogP contribution in [0.1, 0.15) is 48.6 Å². The maximum absolute atomic E-state index is 9.91. The van der Waals surface area contributed by atoms with Crippen molar-refractivity contribution in [2.24, 2.45) is 0 Å². The lowest BCUT2D eigenvalue weighted by Gasteiger charge is -2.19. The molecule has 0 radical (unpaired) electrons. The average molecular weight is 280 g/mol. The van der Waals surface area contributed by atoms with Crippen LogP contribution in [0.15, 0.2) is 36.4 Å². The zero-order valence-corrected chi connectivity index (χ0v) is 13.6. The van der Waals surface area contributed by atoms with Gasteiger partial charge >= 0.3 is 0 Å². The maximum Gasteiger partial charge on any atom is 0.116 e. The molecule has 1 heteroatoms. The Morgan fingerprint density at radius 1 is 0.905 bits per heavy atom. The minimum absolute atomic E-state index is 0.0289. The lowest BCUT2D eigenvalue weighted by atomic mass is 9.86. The highest BCUT2D eigenvalue weighted by molar-refractivity contribution is 5.72. The summed E-state index contributed by atoms with van der Waals surface area (Å²) in [5.41, 5.74) is 5.95. The van der Waals surface area contributed by atoms with E-state index in [9.17, 15) is 5.11 Å². The van der Waals surface area contributed by atoms with Crippen LogP contribution in [-0.4, -0.2) is 5.11 Å². The Kier molecular flexibility index (Phi) is 4.22. The van der Waals surface area contributed by atoms with E-state index in [0.717, 1.165) is 11.1 Å². The lowest BCUT2D eigenvalue weighted by Crippen LogP contribution is -2.10. The van der Waals surface area contributed by atoms with E-state index in [1.165, 1.54) is 16.7 Å². The lowest BCUT2D eigenvalue weighted by molar-refractivity contribution is 0.471. The summed E-state index contributed by atoms with van der Waals surface area (Å²) in [4.78, 5) is 0. The van der Waals surface area contributed by atoms with E-state index in [2.05, 4.69) is 71.0 Å². The van der Waals surface area contributed by atoms with Gasteiger partial charge in [-0.1, -0.05) is 62.8 Å². The van der Waals surface area contributed by atoms with Crippen molar-refractivity contribution in [1.82, 2.24) is 0 Å². The fourth-order valence-corrected chi connectivity index (χ4v) is 2.36. The van der Waals surface area contributed by atoms with E-state index in [4.69, 9.17) is 0 Å². The molecule has 0 spiro atoms. The molecule has 110 valence electrons. The predicted molar refractivity (Wildman–Crippen MR) is 91.7 cm³/mol. The van der Waals surface area contributed by atoms with Crippen LogP contribution in [0.2, 0.25) is 0 Å². The van der Waals surface area contributed by atoms with Gasteiger partial charge in [0.25, 0.3) is 0 Å². The third kappa shape index (κ3) is 3.98. The van der Waals surface area contributed by atoms with Gasteiger partial charge in [0.05, 0.1) is 0 Å². The van der Waals surface area contributed by atoms with Gasteiger partial charge in [0.1, 0.15) is 5.75 Å². The molecule has 2 aromatic rings. The second-order valence-corrected chi connectivity index (χ2v) is 6.76. The van der Waals surface area contributed by atoms with Crippen molar-refractivity contribution in [3.63, 3.8) is 0 Å². The minimum atomic E-state index is 0.0289. The zero-order chi connectivity index (χ0) is 15.6. The first-order valence-corrected chi connectivity index (χ1v) is 7.35. The summed E-state index contributed by atoms with van der Waals surface area (Å²) in [6, 6.07) is 12.2. The van der Waals surface area contributed by atoms with E-state index >= 15 is 0 Å². The number of benzene rings is 2.